The number of hydrogen-bond donors (Lipinski definition) is 1. The minimum Gasteiger partial charge on any atom is -0.406 e. The first-order valence-electron chi connectivity index (χ1n) is 9.43. The van der Waals surface area contributed by atoms with Crippen molar-refractivity contribution >= 4 is 28.5 Å². The first kappa shape index (κ1) is 20.3. The lowest BCUT2D eigenvalue weighted by Gasteiger charge is -2.44. The van der Waals surface area contributed by atoms with Crippen molar-refractivity contribution in [3.8, 4) is 0 Å². The lowest BCUT2D eigenvalue weighted by Crippen LogP contribution is -2.67. The van der Waals surface area contributed by atoms with Crippen LogP contribution in [0.4, 0.5) is 0 Å². The summed E-state index contributed by atoms with van der Waals surface area (Å²) in [5.74, 6) is 0.355. The van der Waals surface area contributed by atoms with E-state index in [4.69, 9.17) is 4.43 Å². The van der Waals surface area contributed by atoms with Gasteiger partial charge in [0.1, 0.15) is 0 Å². The highest BCUT2D eigenvalue weighted by atomic mass is 32.2. The average Bonchev–Trinajstić information content (AvgIpc) is 2.62. The highest BCUT2D eigenvalue weighted by molar-refractivity contribution is 7.91. The van der Waals surface area contributed by atoms with Gasteiger partial charge in [-0.2, -0.15) is 0 Å². The van der Waals surface area contributed by atoms with Gasteiger partial charge in [-0.25, -0.2) is 8.42 Å². The average molecular weight is 404 g/mol. The molecule has 0 radical (unpaired) electrons. The van der Waals surface area contributed by atoms with E-state index < -0.39 is 18.2 Å². The Kier molecular flexibility index (Phi) is 5.91. The molecule has 1 N–H and O–H groups in total. The van der Waals surface area contributed by atoms with E-state index in [2.05, 4.69) is 74.6 Å². The molecule has 0 saturated carbocycles. The van der Waals surface area contributed by atoms with Gasteiger partial charge in [0.25, 0.3) is 8.32 Å². The minimum absolute atomic E-state index is 0.108. The van der Waals surface area contributed by atoms with E-state index >= 15 is 0 Å². The van der Waals surface area contributed by atoms with Gasteiger partial charge in [-0.05, 0) is 15.4 Å². The first-order valence-corrected chi connectivity index (χ1v) is 13.2. The highest BCUT2D eigenvalue weighted by Crippen LogP contribution is 2.36. The van der Waals surface area contributed by atoms with Gasteiger partial charge in [-0.1, -0.05) is 81.4 Å². The van der Waals surface area contributed by atoms with Gasteiger partial charge >= 0.3 is 0 Å². The predicted molar refractivity (Wildman–Crippen MR) is 114 cm³/mol. The normalized spacial score (nSPS) is 20.3. The van der Waals surface area contributed by atoms with E-state index in [0.29, 0.717) is 13.2 Å². The van der Waals surface area contributed by atoms with Crippen LogP contribution in [0.3, 0.4) is 0 Å². The van der Waals surface area contributed by atoms with Crippen LogP contribution in [0.1, 0.15) is 20.8 Å². The van der Waals surface area contributed by atoms with Crippen LogP contribution in [0.25, 0.3) is 0 Å². The van der Waals surface area contributed by atoms with Crippen molar-refractivity contribution in [2.45, 2.75) is 31.9 Å². The van der Waals surface area contributed by atoms with Gasteiger partial charge in [0, 0.05) is 12.6 Å². The quantitative estimate of drug-likeness (QED) is 0.776. The van der Waals surface area contributed by atoms with Crippen molar-refractivity contribution in [2.75, 3.05) is 24.7 Å². The first-order chi connectivity index (χ1) is 12.7. The molecule has 1 heterocycles. The standard InChI is InChI=1S/C21H29NO3SSi/c1-21(2,3)27(19-10-6-4-7-11-19,20-12-8-5-9-13-20)25-16-18-17-26(23,24)15-14-22-18/h4-13,18,22H,14-17H2,1-3H3. The van der Waals surface area contributed by atoms with Crippen LogP contribution >= 0.6 is 0 Å². The summed E-state index contributed by atoms with van der Waals surface area (Å²) in [6, 6.07) is 20.7. The lowest BCUT2D eigenvalue weighted by atomic mass is 10.2. The van der Waals surface area contributed by atoms with Gasteiger partial charge < -0.3 is 9.74 Å². The zero-order valence-corrected chi connectivity index (χ0v) is 18.1. The Labute approximate surface area is 164 Å². The van der Waals surface area contributed by atoms with Crippen molar-refractivity contribution in [3.05, 3.63) is 60.7 Å². The molecule has 6 heteroatoms. The monoisotopic (exact) mass is 403 g/mol. The molecule has 0 amide bonds. The molecule has 2 aromatic rings. The minimum atomic E-state index is -2.99. The van der Waals surface area contributed by atoms with Crippen LogP contribution in [0, 0.1) is 0 Å². The van der Waals surface area contributed by atoms with Crippen LogP contribution < -0.4 is 15.7 Å². The second kappa shape index (κ2) is 7.87. The van der Waals surface area contributed by atoms with Crippen molar-refractivity contribution in [1.29, 1.82) is 0 Å². The van der Waals surface area contributed by atoms with Gasteiger partial charge in [0.15, 0.2) is 9.84 Å². The molecule has 1 aliphatic heterocycles. The molecule has 0 bridgehead atoms. The predicted octanol–water partition coefficient (Wildman–Crippen LogP) is 1.95. The van der Waals surface area contributed by atoms with Gasteiger partial charge in [-0.3, -0.25) is 0 Å². The Balaban J connectivity index is 2.02. The molecule has 1 saturated heterocycles. The van der Waals surface area contributed by atoms with E-state index in [-0.39, 0.29) is 22.6 Å². The third kappa shape index (κ3) is 4.34. The molecular formula is C21H29NO3SSi. The van der Waals surface area contributed by atoms with E-state index in [0.717, 1.165) is 0 Å². The highest BCUT2D eigenvalue weighted by Gasteiger charge is 2.50. The molecule has 0 aliphatic carbocycles. The second-order valence-corrected chi connectivity index (χ2v) is 14.8. The maximum atomic E-state index is 12.0. The summed E-state index contributed by atoms with van der Waals surface area (Å²) < 4.78 is 30.9. The molecule has 1 atom stereocenters. The fraction of sp³-hybridized carbons (Fsp3) is 0.429. The Morgan fingerprint density at radius 3 is 1.96 bits per heavy atom. The Morgan fingerprint density at radius 2 is 1.52 bits per heavy atom. The van der Waals surface area contributed by atoms with Crippen LogP contribution in [-0.4, -0.2) is 47.4 Å². The number of hydrogen-bond acceptors (Lipinski definition) is 4. The van der Waals surface area contributed by atoms with Crippen LogP contribution in [0.15, 0.2) is 60.7 Å². The zero-order chi connectivity index (χ0) is 19.5. The summed E-state index contributed by atoms with van der Waals surface area (Å²) in [7, 11) is -5.61. The van der Waals surface area contributed by atoms with Crippen LogP contribution in [0.2, 0.25) is 5.04 Å². The third-order valence-electron chi connectivity index (χ3n) is 5.22. The Morgan fingerprint density at radius 1 is 1.00 bits per heavy atom. The molecule has 0 spiro atoms. The van der Waals surface area contributed by atoms with Crippen LogP contribution in [-0.2, 0) is 14.3 Å². The maximum Gasteiger partial charge on any atom is 0.261 e. The number of rotatable bonds is 5. The summed E-state index contributed by atoms with van der Waals surface area (Å²) in [4.78, 5) is 0. The van der Waals surface area contributed by atoms with E-state index in [1.165, 1.54) is 10.4 Å². The summed E-state index contributed by atoms with van der Waals surface area (Å²) in [5.41, 5.74) is 0. The number of benzene rings is 2. The van der Waals surface area contributed by atoms with Crippen molar-refractivity contribution in [2.24, 2.45) is 0 Å². The molecule has 2 aromatic carbocycles. The third-order valence-corrected chi connectivity index (χ3v) is 12.0. The van der Waals surface area contributed by atoms with E-state index in [1.54, 1.807) is 0 Å². The van der Waals surface area contributed by atoms with Crippen molar-refractivity contribution < 1.29 is 12.8 Å². The summed E-state index contributed by atoms with van der Waals surface area (Å²) >= 11 is 0. The number of nitrogens with one attached hydrogen (secondary N) is 1. The molecule has 1 aliphatic rings. The van der Waals surface area contributed by atoms with Crippen molar-refractivity contribution in [1.82, 2.24) is 5.32 Å². The van der Waals surface area contributed by atoms with Gasteiger partial charge in [0.05, 0.1) is 18.1 Å². The summed E-state index contributed by atoms with van der Waals surface area (Å²) in [5, 5.41) is 5.63. The number of sulfone groups is 1. The largest absolute Gasteiger partial charge is 0.406 e. The van der Waals surface area contributed by atoms with Crippen LogP contribution in [0.5, 0.6) is 0 Å². The van der Waals surface area contributed by atoms with Crippen molar-refractivity contribution in [3.63, 3.8) is 0 Å². The zero-order valence-electron chi connectivity index (χ0n) is 16.3. The molecule has 1 unspecified atom stereocenters. The molecule has 4 nitrogen and oxygen atoms in total. The topological polar surface area (TPSA) is 55.4 Å². The fourth-order valence-electron chi connectivity index (χ4n) is 3.96. The van der Waals surface area contributed by atoms with Gasteiger partial charge in [-0.15, -0.1) is 0 Å². The molecule has 1 fully saturated rings. The second-order valence-electron chi connectivity index (χ2n) is 8.24. The molecule has 3 rings (SSSR count). The molecule has 27 heavy (non-hydrogen) atoms. The molecular weight excluding hydrogens is 374 g/mol. The SMILES string of the molecule is CC(C)(C)[Si](OCC1CS(=O)(=O)CCN1)(c1ccccc1)c1ccccc1. The molecule has 0 aromatic heterocycles. The smallest absolute Gasteiger partial charge is 0.261 e. The molecule has 146 valence electrons. The van der Waals surface area contributed by atoms with E-state index in [9.17, 15) is 8.42 Å². The Hall–Kier alpha value is -1.47. The summed E-state index contributed by atoms with van der Waals surface area (Å²) in [6.07, 6.45) is 0. The van der Waals surface area contributed by atoms with Gasteiger partial charge in [0.2, 0.25) is 0 Å². The fourth-order valence-corrected chi connectivity index (χ4v) is 9.99. The van der Waals surface area contributed by atoms with E-state index in [1.807, 2.05) is 12.1 Å². The Bertz CT molecular complexity index is 809. The summed E-state index contributed by atoms with van der Waals surface area (Å²) in [6.45, 7) is 7.57. The lowest BCUT2D eigenvalue weighted by molar-refractivity contribution is 0.258. The maximum absolute atomic E-state index is 12.0.